The van der Waals surface area contributed by atoms with Gasteiger partial charge in [0.1, 0.15) is 12.2 Å². The van der Waals surface area contributed by atoms with Gasteiger partial charge in [0.15, 0.2) is 0 Å². The number of hydrogen-bond acceptors (Lipinski definition) is 4. The van der Waals surface area contributed by atoms with E-state index in [1.807, 2.05) is 18.7 Å². The Morgan fingerprint density at radius 3 is 2.70 bits per heavy atom. The van der Waals surface area contributed by atoms with Gasteiger partial charge in [0.25, 0.3) is 0 Å². The van der Waals surface area contributed by atoms with Crippen LogP contribution in [0.2, 0.25) is 0 Å². The summed E-state index contributed by atoms with van der Waals surface area (Å²) in [5.41, 5.74) is 3.38. The minimum Gasteiger partial charge on any atom is -0.309 e. The first-order valence-corrected chi connectivity index (χ1v) is 7.12. The highest BCUT2D eigenvalue weighted by Gasteiger charge is 2.17. The Kier molecular flexibility index (Phi) is 4.84. The van der Waals surface area contributed by atoms with Crippen molar-refractivity contribution in [1.29, 1.82) is 0 Å². The van der Waals surface area contributed by atoms with E-state index in [-0.39, 0.29) is 6.04 Å². The van der Waals surface area contributed by atoms with E-state index in [1.165, 1.54) is 5.56 Å². The molecule has 1 N–H and O–H groups in total. The number of nitrogens with one attached hydrogen (secondary N) is 1. The molecular formula is C15H23N5. The molecule has 0 fully saturated rings. The predicted molar refractivity (Wildman–Crippen MR) is 79.5 cm³/mol. The molecule has 2 rings (SSSR count). The second-order valence-electron chi connectivity index (χ2n) is 5.14. The highest BCUT2D eigenvalue weighted by molar-refractivity contribution is 5.26. The van der Waals surface area contributed by atoms with Crippen LogP contribution in [0.25, 0.3) is 0 Å². The van der Waals surface area contributed by atoms with Gasteiger partial charge in [0, 0.05) is 30.9 Å². The highest BCUT2D eigenvalue weighted by Crippen LogP contribution is 2.20. The van der Waals surface area contributed by atoms with Gasteiger partial charge in [0.2, 0.25) is 0 Å². The van der Waals surface area contributed by atoms with Gasteiger partial charge in [-0.1, -0.05) is 13.0 Å². The molecule has 2 heterocycles. The fourth-order valence-electron chi connectivity index (χ4n) is 2.36. The molecule has 20 heavy (non-hydrogen) atoms. The molecule has 1 atom stereocenters. The number of hydrogen-bond donors (Lipinski definition) is 1. The quantitative estimate of drug-likeness (QED) is 0.876. The second-order valence-corrected chi connectivity index (χ2v) is 5.14. The predicted octanol–water partition coefficient (Wildman–Crippen LogP) is 2.11. The van der Waals surface area contributed by atoms with E-state index in [9.17, 15) is 0 Å². The van der Waals surface area contributed by atoms with Crippen LogP contribution in [0.1, 0.15) is 42.2 Å². The van der Waals surface area contributed by atoms with Crippen LogP contribution in [-0.4, -0.2) is 26.3 Å². The van der Waals surface area contributed by atoms with E-state index in [0.29, 0.717) is 0 Å². The summed E-state index contributed by atoms with van der Waals surface area (Å²) in [4.78, 5) is 8.90. The molecule has 0 aliphatic carbocycles. The lowest BCUT2D eigenvalue weighted by Crippen LogP contribution is -2.26. The summed E-state index contributed by atoms with van der Waals surface area (Å²) in [6.45, 7) is 7.25. The minimum absolute atomic E-state index is 0.228. The summed E-state index contributed by atoms with van der Waals surface area (Å²) in [6, 6.07) is 4.46. The molecule has 0 aliphatic heterocycles. The lowest BCUT2D eigenvalue weighted by atomic mass is 10.0. The van der Waals surface area contributed by atoms with E-state index in [1.54, 1.807) is 6.33 Å². The first-order chi connectivity index (χ1) is 9.61. The maximum Gasteiger partial charge on any atom is 0.138 e. The van der Waals surface area contributed by atoms with E-state index in [0.717, 1.165) is 36.6 Å². The largest absolute Gasteiger partial charge is 0.309 e. The fourth-order valence-corrected chi connectivity index (χ4v) is 2.36. The molecular weight excluding hydrogens is 250 g/mol. The molecule has 0 aromatic carbocycles. The van der Waals surface area contributed by atoms with Crippen molar-refractivity contribution in [3.63, 3.8) is 0 Å². The average Bonchev–Trinajstić information content (AvgIpc) is 2.80. The zero-order valence-corrected chi connectivity index (χ0v) is 12.7. The SMILES string of the molecule is CCCNC(Cc1ncnn1C)c1ccc(C)nc1C. The molecule has 0 bridgehead atoms. The van der Waals surface area contributed by atoms with Crippen LogP contribution in [0.15, 0.2) is 18.5 Å². The Morgan fingerprint density at radius 2 is 2.10 bits per heavy atom. The summed E-state index contributed by atoms with van der Waals surface area (Å²) >= 11 is 0. The van der Waals surface area contributed by atoms with Gasteiger partial charge in [0.05, 0.1) is 0 Å². The lowest BCUT2D eigenvalue weighted by Gasteiger charge is -2.20. The van der Waals surface area contributed by atoms with Gasteiger partial charge in [-0.15, -0.1) is 0 Å². The molecule has 2 aromatic rings. The third-order valence-electron chi connectivity index (χ3n) is 3.47. The summed E-state index contributed by atoms with van der Waals surface area (Å²) in [6.07, 6.45) is 3.53. The third-order valence-corrected chi connectivity index (χ3v) is 3.47. The van der Waals surface area contributed by atoms with E-state index in [2.05, 4.69) is 46.4 Å². The minimum atomic E-state index is 0.228. The zero-order chi connectivity index (χ0) is 14.5. The van der Waals surface area contributed by atoms with Gasteiger partial charge in [-0.05, 0) is 38.4 Å². The lowest BCUT2D eigenvalue weighted by molar-refractivity contribution is 0.503. The first-order valence-electron chi connectivity index (χ1n) is 7.12. The van der Waals surface area contributed by atoms with Gasteiger partial charge in [-0.25, -0.2) is 4.98 Å². The van der Waals surface area contributed by atoms with Crippen molar-refractivity contribution in [2.45, 2.75) is 39.7 Å². The van der Waals surface area contributed by atoms with Crippen molar-refractivity contribution < 1.29 is 0 Å². The zero-order valence-electron chi connectivity index (χ0n) is 12.7. The molecule has 0 saturated heterocycles. The number of rotatable bonds is 6. The van der Waals surface area contributed by atoms with Crippen LogP contribution in [0.5, 0.6) is 0 Å². The van der Waals surface area contributed by atoms with Crippen LogP contribution in [0.4, 0.5) is 0 Å². The van der Waals surface area contributed by atoms with Crippen LogP contribution in [0.3, 0.4) is 0 Å². The molecule has 1 unspecified atom stereocenters. The van der Waals surface area contributed by atoms with Gasteiger partial charge < -0.3 is 5.32 Å². The number of pyridine rings is 1. The summed E-state index contributed by atoms with van der Waals surface area (Å²) in [5.74, 6) is 0.985. The molecule has 5 nitrogen and oxygen atoms in total. The Bertz CT molecular complexity index is 561. The Hall–Kier alpha value is -1.75. The highest BCUT2D eigenvalue weighted by atomic mass is 15.3. The Morgan fingerprint density at radius 1 is 1.30 bits per heavy atom. The van der Waals surface area contributed by atoms with Crippen molar-refractivity contribution in [2.75, 3.05) is 6.54 Å². The smallest absolute Gasteiger partial charge is 0.138 e. The normalized spacial score (nSPS) is 12.6. The van der Waals surface area contributed by atoms with E-state index in [4.69, 9.17) is 0 Å². The molecule has 0 amide bonds. The molecule has 0 aliphatic rings. The average molecular weight is 273 g/mol. The Labute approximate surface area is 120 Å². The van der Waals surface area contributed by atoms with Crippen molar-refractivity contribution >= 4 is 0 Å². The third kappa shape index (κ3) is 3.42. The van der Waals surface area contributed by atoms with Crippen LogP contribution in [0, 0.1) is 13.8 Å². The maximum atomic E-state index is 4.57. The number of aromatic nitrogens is 4. The molecule has 5 heteroatoms. The topological polar surface area (TPSA) is 55.6 Å². The van der Waals surface area contributed by atoms with Crippen molar-refractivity contribution in [1.82, 2.24) is 25.1 Å². The van der Waals surface area contributed by atoms with E-state index < -0.39 is 0 Å². The monoisotopic (exact) mass is 273 g/mol. The molecule has 0 radical (unpaired) electrons. The second kappa shape index (κ2) is 6.61. The molecule has 0 saturated carbocycles. The van der Waals surface area contributed by atoms with Gasteiger partial charge >= 0.3 is 0 Å². The van der Waals surface area contributed by atoms with E-state index >= 15 is 0 Å². The molecule has 108 valence electrons. The van der Waals surface area contributed by atoms with Crippen LogP contribution < -0.4 is 5.32 Å². The maximum absolute atomic E-state index is 4.57. The number of nitrogens with zero attached hydrogens (tertiary/aromatic N) is 4. The van der Waals surface area contributed by atoms with Crippen molar-refractivity contribution in [3.05, 3.63) is 41.2 Å². The summed E-state index contributed by atoms with van der Waals surface area (Å²) < 4.78 is 1.83. The van der Waals surface area contributed by atoms with Gasteiger partial charge in [-0.3, -0.25) is 9.67 Å². The fraction of sp³-hybridized carbons (Fsp3) is 0.533. The summed E-state index contributed by atoms with van der Waals surface area (Å²) in [7, 11) is 1.93. The van der Waals surface area contributed by atoms with Crippen LogP contribution in [-0.2, 0) is 13.5 Å². The standard InChI is InChI=1S/C15H23N5/c1-5-8-16-14(9-15-17-10-18-20(15)4)13-7-6-11(2)19-12(13)3/h6-7,10,14,16H,5,8-9H2,1-4H3. The summed E-state index contributed by atoms with van der Waals surface area (Å²) in [5, 5.41) is 7.73. The molecule has 0 spiro atoms. The van der Waals surface area contributed by atoms with Crippen LogP contribution >= 0.6 is 0 Å². The number of aryl methyl sites for hydroxylation is 3. The van der Waals surface area contributed by atoms with Gasteiger partial charge in [-0.2, -0.15) is 5.10 Å². The first kappa shape index (κ1) is 14.7. The Balaban J connectivity index is 2.24. The van der Waals surface area contributed by atoms with Crippen molar-refractivity contribution in [3.8, 4) is 0 Å². The van der Waals surface area contributed by atoms with Crippen molar-refractivity contribution in [2.24, 2.45) is 7.05 Å². The molecule has 2 aromatic heterocycles.